The zero-order valence-electron chi connectivity index (χ0n) is 15.4. The topological polar surface area (TPSA) is 90.8 Å². The van der Waals surface area contributed by atoms with Crippen molar-refractivity contribution >= 4 is 6.47 Å². The maximum absolute atomic E-state index is 8.36. The summed E-state index contributed by atoms with van der Waals surface area (Å²) in [6.45, 7) is 10.2. The van der Waals surface area contributed by atoms with Crippen molar-refractivity contribution in [3.05, 3.63) is 35.8 Å². The molecule has 3 aromatic rings. The highest BCUT2D eigenvalue weighted by Crippen LogP contribution is 2.27. The number of nitrogens with zero attached hydrogens (tertiary/aromatic N) is 6. The number of imidazole rings is 2. The fourth-order valence-electron chi connectivity index (χ4n) is 2.89. The van der Waals surface area contributed by atoms with Gasteiger partial charge in [0.15, 0.2) is 5.82 Å². The van der Waals surface area contributed by atoms with Crippen molar-refractivity contribution < 1.29 is 9.90 Å². The van der Waals surface area contributed by atoms with Gasteiger partial charge in [-0.3, -0.25) is 14.0 Å². The Bertz CT molecular complexity index is 872. The Labute approximate surface area is 146 Å². The van der Waals surface area contributed by atoms with Crippen LogP contribution in [0.2, 0.25) is 0 Å². The van der Waals surface area contributed by atoms with Crippen LogP contribution in [0.3, 0.4) is 0 Å². The average Bonchev–Trinajstić information content (AvgIpc) is 3.20. The predicted octanol–water partition coefficient (Wildman–Crippen LogP) is 2.68. The molecule has 0 atom stereocenters. The van der Waals surface area contributed by atoms with Crippen molar-refractivity contribution in [2.24, 2.45) is 7.05 Å². The molecule has 0 aromatic carbocycles. The number of hydrogen-bond acceptors (Lipinski definition) is 4. The van der Waals surface area contributed by atoms with E-state index in [2.05, 4.69) is 49.7 Å². The molecule has 0 aliphatic rings. The highest BCUT2D eigenvalue weighted by Gasteiger charge is 2.19. The molecule has 3 heterocycles. The molecule has 0 aliphatic heterocycles. The van der Waals surface area contributed by atoms with E-state index in [1.54, 1.807) is 0 Å². The SMILES string of the molecule is Cc1nn(C(C)C)c(C)c1-n1ccnc1-c1cnc(C)n1C.O=CO. The molecule has 134 valence electrons. The predicted molar refractivity (Wildman–Crippen MR) is 94.8 cm³/mol. The molecular formula is C17H24N6O2. The van der Waals surface area contributed by atoms with Gasteiger partial charge in [-0.25, -0.2) is 9.97 Å². The van der Waals surface area contributed by atoms with Crippen LogP contribution < -0.4 is 0 Å². The Morgan fingerprint density at radius 2 is 1.84 bits per heavy atom. The molecule has 0 fully saturated rings. The number of carbonyl (C=O) groups is 1. The zero-order valence-corrected chi connectivity index (χ0v) is 15.4. The zero-order chi connectivity index (χ0) is 18.7. The Balaban J connectivity index is 0.000000701. The van der Waals surface area contributed by atoms with E-state index in [1.165, 1.54) is 0 Å². The van der Waals surface area contributed by atoms with Gasteiger partial charge in [0.25, 0.3) is 6.47 Å². The first-order valence-corrected chi connectivity index (χ1v) is 7.99. The quantitative estimate of drug-likeness (QED) is 0.738. The highest BCUT2D eigenvalue weighted by atomic mass is 16.3. The third-order valence-electron chi connectivity index (χ3n) is 4.11. The summed E-state index contributed by atoms with van der Waals surface area (Å²) < 4.78 is 6.21. The second kappa shape index (κ2) is 7.33. The summed E-state index contributed by atoms with van der Waals surface area (Å²) in [5.41, 5.74) is 4.24. The lowest BCUT2D eigenvalue weighted by molar-refractivity contribution is -0.122. The van der Waals surface area contributed by atoms with Gasteiger partial charge in [-0.05, 0) is 34.6 Å². The van der Waals surface area contributed by atoms with E-state index in [9.17, 15) is 0 Å². The molecule has 0 saturated heterocycles. The van der Waals surface area contributed by atoms with Gasteiger partial charge in [0.2, 0.25) is 0 Å². The second-order valence-electron chi connectivity index (χ2n) is 6.03. The standard InChI is InChI=1S/C16H22N6.CH2O2/c1-10(2)22-12(4)15(11(3)19-22)21-8-7-17-16(21)14-9-18-13(5)20(14)6;2-1-3/h7-10H,1-6H3;1H,(H,2,3). The second-order valence-corrected chi connectivity index (χ2v) is 6.03. The van der Waals surface area contributed by atoms with Gasteiger partial charge in [-0.2, -0.15) is 5.10 Å². The van der Waals surface area contributed by atoms with Crippen LogP contribution in [0.5, 0.6) is 0 Å². The first-order valence-electron chi connectivity index (χ1n) is 7.99. The van der Waals surface area contributed by atoms with E-state index in [-0.39, 0.29) is 6.47 Å². The third-order valence-corrected chi connectivity index (χ3v) is 4.11. The van der Waals surface area contributed by atoms with E-state index in [0.29, 0.717) is 6.04 Å². The van der Waals surface area contributed by atoms with Crippen molar-refractivity contribution in [2.75, 3.05) is 0 Å². The maximum atomic E-state index is 8.36. The van der Waals surface area contributed by atoms with Crippen LogP contribution in [0.1, 0.15) is 37.1 Å². The first kappa shape index (κ1) is 18.4. The van der Waals surface area contributed by atoms with E-state index in [1.807, 2.05) is 39.5 Å². The Hall–Kier alpha value is -2.90. The van der Waals surface area contributed by atoms with Gasteiger partial charge >= 0.3 is 0 Å². The summed E-state index contributed by atoms with van der Waals surface area (Å²) in [7, 11) is 2.01. The molecule has 3 rings (SSSR count). The van der Waals surface area contributed by atoms with Crippen molar-refractivity contribution in [1.29, 1.82) is 0 Å². The molecule has 0 amide bonds. The van der Waals surface area contributed by atoms with Crippen LogP contribution in [0.15, 0.2) is 18.6 Å². The fraction of sp³-hybridized carbons (Fsp3) is 0.412. The Kier molecular flexibility index (Phi) is 5.41. The number of rotatable bonds is 3. The minimum Gasteiger partial charge on any atom is -0.483 e. The lowest BCUT2D eigenvalue weighted by atomic mass is 10.3. The van der Waals surface area contributed by atoms with Gasteiger partial charge in [-0.15, -0.1) is 0 Å². The van der Waals surface area contributed by atoms with E-state index < -0.39 is 0 Å². The summed E-state index contributed by atoms with van der Waals surface area (Å²) in [4.78, 5) is 17.3. The monoisotopic (exact) mass is 344 g/mol. The summed E-state index contributed by atoms with van der Waals surface area (Å²) in [5.74, 6) is 1.86. The summed E-state index contributed by atoms with van der Waals surface area (Å²) in [5, 5.41) is 11.6. The van der Waals surface area contributed by atoms with Gasteiger partial charge in [0.1, 0.15) is 11.5 Å². The molecule has 3 aromatic heterocycles. The van der Waals surface area contributed by atoms with E-state index in [4.69, 9.17) is 9.90 Å². The van der Waals surface area contributed by atoms with Crippen molar-refractivity contribution in [1.82, 2.24) is 28.9 Å². The molecule has 0 unspecified atom stereocenters. The number of carboxylic acid groups (broad SMARTS) is 1. The van der Waals surface area contributed by atoms with Crippen LogP contribution in [0.25, 0.3) is 17.2 Å². The highest BCUT2D eigenvalue weighted by molar-refractivity contribution is 5.56. The van der Waals surface area contributed by atoms with Crippen LogP contribution in [0, 0.1) is 20.8 Å². The molecule has 0 saturated carbocycles. The van der Waals surface area contributed by atoms with Crippen molar-refractivity contribution in [3.63, 3.8) is 0 Å². The van der Waals surface area contributed by atoms with Gasteiger partial charge in [0.05, 0.1) is 23.3 Å². The maximum Gasteiger partial charge on any atom is 0.290 e. The molecule has 0 radical (unpaired) electrons. The minimum atomic E-state index is -0.250. The molecule has 0 bridgehead atoms. The lowest BCUT2D eigenvalue weighted by Crippen LogP contribution is -2.06. The minimum absolute atomic E-state index is 0.250. The molecule has 8 heteroatoms. The Morgan fingerprint density at radius 1 is 1.20 bits per heavy atom. The van der Waals surface area contributed by atoms with Gasteiger partial charge in [0, 0.05) is 25.5 Å². The van der Waals surface area contributed by atoms with E-state index >= 15 is 0 Å². The molecule has 25 heavy (non-hydrogen) atoms. The van der Waals surface area contributed by atoms with Crippen molar-refractivity contribution in [3.8, 4) is 17.2 Å². The summed E-state index contributed by atoms with van der Waals surface area (Å²) in [6, 6.07) is 0.332. The van der Waals surface area contributed by atoms with E-state index in [0.717, 1.165) is 34.4 Å². The van der Waals surface area contributed by atoms with Crippen LogP contribution in [-0.2, 0) is 11.8 Å². The summed E-state index contributed by atoms with van der Waals surface area (Å²) >= 11 is 0. The average molecular weight is 344 g/mol. The molecule has 0 aliphatic carbocycles. The fourth-order valence-corrected chi connectivity index (χ4v) is 2.89. The molecule has 1 N–H and O–H groups in total. The van der Waals surface area contributed by atoms with Gasteiger partial charge < -0.3 is 9.67 Å². The van der Waals surface area contributed by atoms with Crippen LogP contribution >= 0.6 is 0 Å². The molecule has 8 nitrogen and oxygen atoms in total. The number of aromatic nitrogens is 6. The lowest BCUT2D eigenvalue weighted by Gasteiger charge is -2.11. The normalized spacial score (nSPS) is 10.7. The van der Waals surface area contributed by atoms with Crippen LogP contribution in [0.4, 0.5) is 0 Å². The Morgan fingerprint density at radius 3 is 2.32 bits per heavy atom. The van der Waals surface area contributed by atoms with Gasteiger partial charge in [-0.1, -0.05) is 0 Å². The first-order chi connectivity index (χ1) is 11.8. The molecular weight excluding hydrogens is 320 g/mol. The number of aryl methyl sites for hydroxylation is 2. The van der Waals surface area contributed by atoms with Crippen molar-refractivity contribution in [2.45, 2.75) is 40.7 Å². The third kappa shape index (κ3) is 3.33. The summed E-state index contributed by atoms with van der Waals surface area (Å²) in [6.07, 6.45) is 5.67. The van der Waals surface area contributed by atoms with Crippen LogP contribution in [-0.4, -0.2) is 40.5 Å². The smallest absolute Gasteiger partial charge is 0.290 e. The molecule has 0 spiro atoms. The largest absolute Gasteiger partial charge is 0.483 e. The number of hydrogen-bond donors (Lipinski definition) is 1.